The fourth-order valence-electron chi connectivity index (χ4n) is 1.03. The predicted octanol–water partition coefficient (Wildman–Crippen LogP) is 2.56. The summed E-state index contributed by atoms with van der Waals surface area (Å²) in [5.41, 5.74) is -0.501. The summed E-state index contributed by atoms with van der Waals surface area (Å²) in [5, 5.41) is 0. The Morgan fingerprint density at radius 3 is 2.40 bits per heavy atom. The summed E-state index contributed by atoms with van der Waals surface area (Å²) >= 11 is 0. The zero-order chi connectivity index (χ0) is 11.6. The van der Waals surface area contributed by atoms with E-state index in [-0.39, 0.29) is 10.6 Å². The van der Waals surface area contributed by atoms with Crippen molar-refractivity contribution in [2.45, 2.75) is 11.3 Å². The molecule has 3 nitrogen and oxygen atoms in total. The normalized spacial score (nSPS) is 11.8. The van der Waals surface area contributed by atoms with Gasteiger partial charge in [-0.3, -0.25) is 0 Å². The smallest absolute Gasteiger partial charge is 0.267 e. The molecule has 0 unspecified atom stereocenters. The summed E-state index contributed by atoms with van der Waals surface area (Å²) in [5.74, 6) is -0.0749. The van der Waals surface area contributed by atoms with Crippen LogP contribution >= 0.6 is 10.7 Å². The maximum Gasteiger partial charge on any atom is 0.267 e. The van der Waals surface area contributed by atoms with Gasteiger partial charge in [0.1, 0.15) is 5.75 Å². The van der Waals surface area contributed by atoms with Crippen LogP contribution in [0.1, 0.15) is 12.0 Å². The molecule has 0 aliphatic heterocycles. The van der Waals surface area contributed by atoms with Gasteiger partial charge in [-0.25, -0.2) is 17.2 Å². The van der Waals surface area contributed by atoms with Crippen molar-refractivity contribution in [3.05, 3.63) is 23.8 Å². The van der Waals surface area contributed by atoms with E-state index in [1.54, 1.807) is 0 Å². The molecule has 1 aromatic rings. The van der Waals surface area contributed by atoms with Crippen LogP contribution in [0.2, 0.25) is 0 Å². The first kappa shape index (κ1) is 12.2. The summed E-state index contributed by atoms with van der Waals surface area (Å²) in [6.07, 6.45) is -2.82. The molecular formula is C8H7ClF2O3S. The Morgan fingerprint density at radius 1 is 1.40 bits per heavy atom. The SMILES string of the molecule is COc1ccc(S(=O)(=O)Cl)cc1C(F)F. The van der Waals surface area contributed by atoms with Crippen LogP contribution in [0, 0.1) is 0 Å². The van der Waals surface area contributed by atoms with Crippen molar-refractivity contribution < 1.29 is 21.9 Å². The highest BCUT2D eigenvalue weighted by atomic mass is 35.7. The molecule has 0 heterocycles. The van der Waals surface area contributed by atoms with Crippen LogP contribution in [-0.2, 0) is 9.05 Å². The largest absolute Gasteiger partial charge is 0.496 e. The van der Waals surface area contributed by atoms with E-state index in [0.29, 0.717) is 0 Å². The number of halogens is 3. The number of alkyl halides is 2. The van der Waals surface area contributed by atoms with Crippen LogP contribution in [0.3, 0.4) is 0 Å². The fraction of sp³-hybridized carbons (Fsp3) is 0.250. The van der Waals surface area contributed by atoms with Crippen molar-refractivity contribution in [2.75, 3.05) is 7.11 Å². The van der Waals surface area contributed by atoms with E-state index in [4.69, 9.17) is 10.7 Å². The number of rotatable bonds is 3. The van der Waals surface area contributed by atoms with E-state index in [0.717, 1.165) is 18.2 Å². The third-order valence-electron chi connectivity index (χ3n) is 1.72. The fourth-order valence-corrected chi connectivity index (χ4v) is 1.82. The molecule has 0 saturated carbocycles. The molecule has 0 aliphatic rings. The molecule has 0 bridgehead atoms. The molecule has 1 rings (SSSR count). The van der Waals surface area contributed by atoms with Gasteiger partial charge in [0.05, 0.1) is 17.6 Å². The van der Waals surface area contributed by atoms with Crippen LogP contribution < -0.4 is 4.74 Å². The second-order valence-electron chi connectivity index (χ2n) is 2.64. The number of hydrogen-bond acceptors (Lipinski definition) is 3. The predicted molar refractivity (Wildman–Crippen MR) is 51.0 cm³/mol. The van der Waals surface area contributed by atoms with Crippen LogP contribution in [-0.4, -0.2) is 15.5 Å². The van der Waals surface area contributed by atoms with Crippen molar-refractivity contribution >= 4 is 19.7 Å². The first-order chi connectivity index (χ1) is 6.86. The summed E-state index contributed by atoms with van der Waals surface area (Å²) in [7, 11) is 2.24. The minimum absolute atomic E-state index is 0.0749. The molecule has 0 radical (unpaired) electrons. The van der Waals surface area contributed by atoms with Gasteiger partial charge < -0.3 is 4.74 Å². The van der Waals surface area contributed by atoms with Gasteiger partial charge >= 0.3 is 0 Å². The van der Waals surface area contributed by atoms with E-state index < -0.39 is 21.0 Å². The molecule has 7 heteroatoms. The minimum atomic E-state index is -4.00. The molecule has 0 aliphatic carbocycles. The number of benzene rings is 1. The van der Waals surface area contributed by atoms with Crippen LogP contribution in [0.4, 0.5) is 8.78 Å². The molecule has 0 fully saturated rings. The Labute approximate surface area is 90.0 Å². The Bertz CT molecular complexity index is 459. The molecule has 0 amide bonds. The van der Waals surface area contributed by atoms with Crippen molar-refractivity contribution in [2.24, 2.45) is 0 Å². The summed E-state index contributed by atoms with van der Waals surface area (Å²) in [6.45, 7) is 0. The summed E-state index contributed by atoms with van der Waals surface area (Å²) in [4.78, 5) is -0.375. The summed E-state index contributed by atoms with van der Waals surface area (Å²) in [6, 6.07) is 3.04. The third kappa shape index (κ3) is 2.79. The van der Waals surface area contributed by atoms with Crippen molar-refractivity contribution in [1.29, 1.82) is 0 Å². The van der Waals surface area contributed by atoms with Gasteiger partial charge in [0.25, 0.3) is 15.5 Å². The third-order valence-corrected chi connectivity index (χ3v) is 3.07. The van der Waals surface area contributed by atoms with E-state index in [1.165, 1.54) is 7.11 Å². The Balaban J connectivity index is 3.35. The number of hydrogen-bond donors (Lipinski definition) is 0. The van der Waals surface area contributed by atoms with Gasteiger partial charge in [-0.15, -0.1) is 0 Å². The lowest BCUT2D eigenvalue weighted by Gasteiger charge is -2.08. The quantitative estimate of drug-likeness (QED) is 0.781. The molecule has 0 atom stereocenters. The minimum Gasteiger partial charge on any atom is -0.496 e. The lowest BCUT2D eigenvalue weighted by Crippen LogP contribution is -1.97. The van der Waals surface area contributed by atoms with Gasteiger partial charge in [0.2, 0.25) is 0 Å². The first-order valence-electron chi connectivity index (χ1n) is 3.77. The Morgan fingerprint density at radius 2 is 2.00 bits per heavy atom. The van der Waals surface area contributed by atoms with Gasteiger partial charge in [-0.1, -0.05) is 0 Å². The molecule has 0 aromatic heterocycles. The molecule has 0 spiro atoms. The van der Waals surface area contributed by atoms with Crippen LogP contribution in [0.25, 0.3) is 0 Å². The Kier molecular flexibility index (Phi) is 3.51. The monoisotopic (exact) mass is 256 g/mol. The van der Waals surface area contributed by atoms with E-state index in [2.05, 4.69) is 4.74 Å². The van der Waals surface area contributed by atoms with Gasteiger partial charge in [-0.05, 0) is 18.2 Å². The highest BCUT2D eigenvalue weighted by molar-refractivity contribution is 8.13. The molecular weight excluding hydrogens is 250 g/mol. The molecule has 0 saturated heterocycles. The van der Waals surface area contributed by atoms with Crippen molar-refractivity contribution in [3.63, 3.8) is 0 Å². The second-order valence-corrected chi connectivity index (χ2v) is 5.21. The molecule has 84 valence electrons. The van der Waals surface area contributed by atoms with Gasteiger partial charge in [0.15, 0.2) is 0 Å². The standard InChI is InChI=1S/C8H7ClF2O3S/c1-14-7-3-2-5(15(9,12)13)4-6(7)8(10)11/h2-4,8H,1H3. The molecule has 1 aromatic carbocycles. The van der Waals surface area contributed by atoms with Crippen LogP contribution in [0.5, 0.6) is 5.75 Å². The first-order valence-corrected chi connectivity index (χ1v) is 6.08. The lowest BCUT2D eigenvalue weighted by atomic mass is 10.2. The zero-order valence-electron chi connectivity index (χ0n) is 7.58. The van der Waals surface area contributed by atoms with Crippen molar-refractivity contribution in [1.82, 2.24) is 0 Å². The van der Waals surface area contributed by atoms with E-state index in [1.807, 2.05) is 0 Å². The average molecular weight is 257 g/mol. The Hall–Kier alpha value is -0.880. The van der Waals surface area contributed by atoms with Crippen LogP contribution in [0.15, 0.2) is 23.1 Å². The lowest BCUT2D eigenvalue weighted by molar-refractivity contribution is 0.147. The van der Waals surface area contributed by atoms with Gasteiger partial charge in [-0.2, -0.15) is 0 Å². The maximum absolute atomic E-state index is 12.5. The highest BCUT2D eigenvalue weighted by Gasteiger charge is 2.18. The van der Waals surface area contributed by atoms with Crippen molar-refractivity contribution in [3.8, 4) is 5.75 Å². The highest BCUT2D eigenvalue weighted by Crippen LogP contribution is 2.31. The second kappa shape index (κ2) is 4.32. The number of ether oxygens (including phenoxy) is 1. The molecule has 15 heavy (non-hydrogen) atoms. The average Bonchev–Trinajstić information content (AvgIpc) is 2.15. The topological polar surface area (TPSA) is 43.4 Å². The molecule has 0 N–H and O–H groups in total. The van der Waals surface area contributed by atoms with E-state index >= 15 is 0 Å². The number of methoxy groups -OCH3 is 1. The summed E-state index contributed by atoms with van der Waals surface area (Å²) < 4.78 is 51.4. The van der Waals surface area contributed by atoms with E-state index in [9.17, 15) is 17.2 Å². The maximum atomic E-state index is 12.5. The van der Waals surface area contributed by atoms with Gasteiger partial charge in [0, 0.05) is 10.7 Å². The zero-order valence-corrected chi connectivity index (χ0v) is 9.15.